The summed E-state index contributed by atoms with van der Waals surface area (Å²) in [4.78, 5) is 26.8. The van der Waals surface area contributed by atoms with E-state index < -0.39 is 5.60 Å². The Labute approximate surface area is 202 Å². The summed E-state index contributed by atoms with van der Waals surface area (Å²) < 4.78 is 17.0. The third-order valence-electron chi connectivity index (χ3n) is 6.36. The zero-order valence-electron chi connectivity index (χ0n) is 20.6. The highest BCUT2D eigenvalue weighted by Crippen LogP contribution is 2.45. The zero-order chi connectivity index (χ0) is 24.3. The molecule has 6 heteroatoms. The Morgan fingerprint density at radius 1 is 1.06 bits per heavy atom. The van der Waals surface area contributed by atoms with Gasteiger partial charge in [-0.3, -0.25) is 9.59 Å². The zero-order valence-corrected chi connectivity index (χ0v) is 20.6. The normalized spacial score (nSPS) is 18.5. The molecule has 1 aliphatic heterocycles. The van der Waals surface area contributed by atoms with Crippen LogP contribution in [0.3, 0.4) is 0 Å². The minimum absolute atomic E-state index is 0.0977. The van der Waals surface area contributed by atoms with E-state index >= 15 is 0 Å². The van der Waals surface area contributed by atoms with Gasteiger partial charge in [-0.05, 0) is 62.8 Å². The lowest BCUT2D eigenvalue weighted by molar-refractivity contribution is -0.154. The first-order valence-electron chi connectivity index (χ1n) is 12.1. The molecule has 4 rings (SSSR count). The Kier molecular flexibility index (Phi) is 7.15. The van der Waals surface area contributed by atoms with Gasteiger partial charge in [0.15, 0.2) is 0 Å². The summed E-state index contributed by atoms with van der Waals surface area (Å²) in [6.07, 6.45) is 2.74. The summed E-state index contributed by atoms with van der Waals surface area (Å²) in [7, 11) is 1.44. The molecule has 182 valence electrons. The third kappa shape index (κ3) is 6.31. The lowest BCUT2D eigenvalue weighted by Crippen LogP contribution is -2.45. The van der Waals surface area contributed by atoms with Crippen LogP contribution in [0, 0.1) is 11.8 Å². The molecule has 2 atom stereocenters. The maximum atomic E-state index is 12.4. The van der Waals surface area contributed by atoms with Crippen LogP contribution in [0.15, 0.2) is 48.5 Å². The van der Waals surface area contributed by atoms with E-state index in [1.807, 2.05) is 57.2 Å². The molecular weight excluding hydrogens is 430 g/mol. The fourth-order valence-corrected chi connectivity index (χ4v) is 4.66. The van der Waals surface area contributed by atoms with Crippen molar-refractivity contribution in [1.29, 1.82) is 0 Å². The van der Waals surface area contributed by atoms with Crippen molar-refractivity contribution in [2.24, 2.45) is 11.8 Å². The second kappa shape index (κ2) is 10.1. The number of benzene rings is 2. The number of carbonyl (C=O) groups is 2. The van der Waals surface area contributed by atoms with Crippen molar-refractivity contribution in [3.8, 4) is 5.75 Å². The number of hydrogen-bond acceptors (Lipinski definition) is 6. The van der Waals surface area contributed by atoms with Crippen LogP contribution in [-0.2, 0) is 32.0 Å². The number of rotatable bonds is 8. The van der Waals surface area contributed by atoms with E-state index in [2.05, 4.69) is 17.0 Å². The number of ether oxygens (including phenoxy) is 3. The Morgan fingerprint density at radius 3 is 2.44 bits per heavy atom. The lowest BCUT2D eigenvalue weighted by atomic mass is 9.91. The molecule has 2 aromatic rings. The Balaban J connectivity index is 1.60. The molecule has 1 heterocycles. The van der Waals surface area contributed by atoms with Crippen LogP contribution in [0.2, 0.25) is 0 Å². The average Bonchev–Trinajstić information content (AvgIpc) is 3.62. The maximum Gasteiger partial charge on any atom is 0.310 e. The van der Waals surface area contributed by atoms with E-state index in [9.17, 15) is 9.59 Å². The molecule has 1 saturated carbocycles. The molecular formula is C28H35NO5. The van der Waals surface area contributed by atoms with Crippen LogP contribution >= 0.6 is 0 Å². The van der Waals surface area contributed by atoms with Crippen LogP contribution < -0.4 is 9.64 Å². The predicted molar refractivity (Wildman–Crippen MR) is 131 cm³/mol. The van der Waals surface area contributed by atoms with E-state index in [4.69, 9.17) is 14.2 Å². The minimum atomic E-state index is -0.515. The summed E-state index contributed by atoms with van der Waals surface area (Å²) in [6.45, 7) is 7.02. The van der Waals surface area contributed by atoms with Crippen LogP contribution in [-0.4, -0.2) is 37.3 Å². The van der Waals surface area contributed by atoms with Crippen LogP contribution in [0.4, 0.5) is 5.69 Å². The summed E-state index contributed by atoms with van der Waals surface area (Å²) >= 11 is 0. The van der Waals surface area contributed by atoms with E-state index in [0.29, 0.717) is 18.9 Å². The van der Waals surface area contributed by atoms with Gasteiger partial charge in [-0.15, -0.1) is 0 Å². The summed E-state index contributed by atoms with van der Waals surface area (Å²) in [5, 5.41) is 0. The van der Waals surface area contributed by atoms with Crippen molar-refractivity contribution in [1.82, 2.24) is 0 Å². The Bertz CT molecular complexity index is 1010. The highest BCUT2D eigenvalue weighted by molar-refractivity contribution is 5.74. The number of hydrogen-bond donors (Lipinski definition) is 0. The number of esters is 2. The SMILES string of the molecule is COC(=O)C[C@H](C1CC1)[C@H]1CN(Cc2ccccc2)c2cc(CC(=O)OC(C)(C)C)ccc2O1. The molecule has 6 nitrogen and oxygen atoms in total. The first kappa shape index (κ1) is 24.1. The Morgan fingerprint density at radius 2 is 1.79 bits per heavy atom. The number of nitrogens with zero attached hydrogens (tertiary/aromatic N) is 1. The average molecular weight is 466 g/mol. The molecule has 0 spiro atoms. The van der Waals surface area contributed by atoms with Gasteiger partial charge in [0.25, 0.3) is 0 Å². The molecule has 2 aliphatic rings. The standard InChI is InChI=1S/C28H35NO5/c1-28(2,3)34-27(31)15-20-10-13-24-23(14-20)29(17-19-8-6-5-7-9-19)18-25(33-24)22(21-11-12-21)16-26(30)32-4/h5-10,13-14,21-22,25H,11-12,15-18H2,1-4H3/t22-,25-/m1/s1. The van der Waals surface area contributed by atoms with Gasteiger partial charge in [-0.25, -0.2) is 0 Å². The van der Waals surface area contributed by atoms with Crippen molar-refractivity contribution in [2.45, 2.75) is 64.7 Å². The number of anilines is 1. The van der Waals surface area contributed by atoms with Crippen LogP contribution in [0.1, 0.15) is 51.2 Å². The molecule has 1 fully saturated rings. The van der Waals surface area contributed by atoms with Gasteiger partial charge in [0.1, 0.15) is 17.5 Å². The van der Waals surface area contributed by atoms with Gasteiger partial charge in [-0.1, -0.05) is 36.4 Å². The van der Waals surface area contributed by atoms with Crippen molar-refractivity contribution >= 4 is 17.6 Å². The van der Waals surface area contributed by atoms with E-state index in [1.165, 1.54) is 12.7 Å². The fraction of sp³-hybridized carbons (Fsp3) is 0.500. The predicted octanol–water partition coefficient (Wildman–Crippen LogP) is 4.93. The van der Waals surface area contributed by atoms with Gasteiger partial charge in [0.2, 0.25) is 0 Å². The fourth-order valence-electron chi connectivity index (χ4n) is 4.66. The summed E-state index contributed by atoms with van der Waals surface area (Å²) in [5.41, 5.74) is 2.54. The molecule has 0 amide bonds. The highest BCUT2D eigenvalue weighted by atomic mass is 16.6. The van der Waals surface area contributed by atoms with Crippen molar-refractivity contribution in [2.75, 3.05) is 18.6 Å². The monoisotopic (exact) mass is 465 g/mol. The smallest absolute Gasteiger partial charge is 0.310 e. The molecule has 1 aliphatic carbocycles. The molecule has 0 aromatic heterocycles. The van der Waals surface area contributed by atoms with Gasteiger partial charge in [-0.2, -0.15) is 0 Å². The molecule has 2 aromatic carbocycles. The van der Waals surface area contributed by atoms with Crippen LogP contribution in [0.25, 0.3) is 0 Å². The molecule has 0 radical (unpaired) electrons. The van der Waals surface area contributed by atoms with Crippen molar-refractivity contribution in [3.05, 3.63) is 59.7 Å². The van der Waals surface area contributed by atoms with Gasteiger partial charge >= 0.3 is 11.9 Å². The quantitative estimate of drug-likeness (QED) is 0.515. The van der Waals surface area contributed by atoms with Gasteiger partial charge < -0.3 is 19.1 Å². The summed E-state index contributed by atoms with van der Waals surface area (Å²) in [6, 6.07) is 16.2. The first-order chi connectivity index (χ1) is 16.2. The molecule has 0 unspecified atom stereocenters. The van der Waals surface area contributed by atoms with Gasteiger partial charge in [0.05, 0.1) is 32.2 Å². The first-order valence-corrected chi connectivity index (χ1v) is 12.1. The molecule has 0 saturated heterocycles. The summed E-state index contributed by atoms with van der Waals surface area (Å²) in [5.74, 6) is 0.976. The number of carbonyl (C=O) groups excluding carboxylic acids is 2. The van der Waals surface area contributed by atoms with Crippen molar-refractivity contribution in [3.63, 3.8) is 0 Å². The van der Waals surface area contributed by atoms with E-state index in [-0.39, 0.29) is 30.4 Å². The van der Waals surface area contributed by atoms with Crippen LogP contribution in [0.5, 0.6) is 5.75 Å². The Hall–Kier alpha value is -3.02. The largest absolute Gasteiger partial charge is 0.486 e. The second-order valence-corrected chi connectivity index (χ2v) is 10.4. The topological polar surface area (TPSA) is 65.1 Å². The number of fused-ring (bicyclic) bond motifs is 1. The minimum Gasteiger partial charge on any atom is -0.486 e. The van der Waals surface area contributed by atoms with E-state index in [0.717, 1.165) is 36.4 Å². The molecule has 34 heavy (non-hydrogen) atoms. The lowest BCUT2D eigenvalue weighted by Gasteiger charge is -2.40. The molecule has 0 bridgehead atoms. The third-order valence-corrected chi connectivity index (χ3v) is 6.36. The number of methoxy groups -OCH3 is 1. The second-order valence-electron chi connectivity index (χ2n) is 10.4. The highest BCUT2D eigenvalue weighted by Gasteiger charge is 2.42. The molecule has 0 N–H and O–H groups in total. The van der Waals surface area contributed by atoms with Crippen molar-refractivity contribution < 1.29 is 23.8 Å². The van der Waals surface area contributed by atoms with Gasteiger partial charge in [0, 0.05) is 12.5 Å². The van der Waals surface area contributed by atoms with E-state index in [1.54, 1.807) is 0 Å². The maximum absolute atomic E-state index is 12.4.